The van der Waals surface area contributed by atoms with Crippen LogP contribution in [0.1, 0.15) is 6.42 Å². The monoisotopic (exact) mass is 292 g/mol. The van der Waals surface area contributed by atoms with Crippen LogP contribution in [0.15, 0.2) is 42.5 Å². The summed E-state index contributed by atoms with van der Waals surface area (Å²) < 4.78 is 31.7. The predicted molar refractivity (Wildman–Crippen MR) is 76.0 cm³/mol. The zero-order valence-electron chi connectivity index (χ0n) is 11.1. The van der Waals surface area contributed by atoms with Crippen LogP contribution in [0.5, 0.6) is 5.75 Å². The van der Waals surface area contributed by atoms with Gasteiger partial charge in [-0.1, -0.05) is 18.2 Å². The first-order chi connectivity index (χ1) is 10.1. The van der Waals surface area contributed by atoms with Crippen molar-refractivity contribution < 1.29 is 18.3 Å². The lowest BCUT2D eigenvalue weighted by molar-refractivity contribution is -0.116. The predicted octanol–water partition coefficient (Wildman–Crippen LogP) is 2.95. The maximum atomic E-state index is 13.5. The van der Waals surface area contributed by atoms with E-state index in [2.05, 4.69) is 5.32 Å². The van der Waals surface area contributed by atoms with Gasteiger partial charge < -0.3 is 15.8 Å². The normalized spacial score (nSPS) is 10.2. The van der Waals surface area contributed by atoms with E-state index >= 15 is 0 Å². The molecule has 0 bridgehead atoms. The number of nitrogens with one attached hydrogen (secondary N) is 1. The van der Waals surface area contributed by atoms with E-state index in [1.54, 1.807) is 12.1 Å². The van der Waals surface area contributed by atoms with Gasteiger partial charge in [0.15, 0.2) is 5.82 Å². The second kappa shape index (κ2) is 6.69. The number of nitrogens with two attached hydrogens (primary N) is 1. The largest absolute Gasteiger partial charge is 0.493 e. The van der Waals surface area contributed by atoms with Gasteiger partial charge in [0.2, 0.25) is 5.91 Å². The van der Waals surface area contributed by atoms with Gasteiger partial charge >= 0.3 is 0 Å². The van der Waals surface area contributed by atoms with Crippen molar-refractivity contribution in [3.63, 3.8) is 0 Å². The quantitative estimate of drug-likeness (QED) is 0.833. The Balaban J connectivity index is 1.88. The van der Waals surface area contributed by atoms with Crippen LogP contribution >= 0.6 is 0 Å². The molecule has 0 heterocycles. The molecule has 0 aliphatic heterocycles. The molecule has 0 saturated carbocycles. The second-order valence-corrected chi connectivity index (χ2v) is 4.31. The number of anilines is 2. The summed E-state index contributed by atoms with van der Waals surface area (Å²) in [6.45, 7) is 0.137. The molecule has 2 aromatic carbocycles. The highest BCUT2D eigenvalue weighted by Crippen LogP contribution is 2.23. The Kier molecular flexibility index (Phi) is 4.71. The van der Waals surface area contributed by atoms with Gasteiger partial charge in [-0.3, -0.25) is 4.79 Å². The minimum Gasteiger partial charge on any atom is -0.493 e. The number of ether oxygens (including phenoxy) is 1. The molecule has 6 heteroatoms. The van der Waals surface area contributed by atoms with Crippen molar-refractivity contribution in [2.75, 3.05) is 17.7 Å². The van der Waals surface area contributed by atoms with E-state index < -0.39 is 17.5 Å². The lowest BCUT2D eigenvalue weighted by atomic mass is 10.2. The molecule has 0 fully saturated rings. The van der Waals surface area contributed by atoms with Gasteiger partial charge in [0.1, 0.15) is 17.3 Å². The zero-order valence-corrected chi connectivity index (χ0v) is 11.1. The van der Waals surface area contributed by atoms with Gasteiger partial charge in [-0.2, -0.15) is 0 Å². The summed E-state index contributed by atoms with van der Waals surface area (Å²) in [4.78, 5) is 11.7. The molecule has 21 heavy (non-hydrogen) atoms. The van der Waals surface area contributed by atoms with E-state index in [0.29, 0.717) is 11.8 Å². The van der Waals surface area contributed by atoms with E-state index in [0.717, 1.165) is 6.07 Å². The SMILES string of the molecule is Nc1cc(F)cc(F)c1NC(=O)CCOc1ccccc1. The minimum absolute atomic E-state index is 0.0190. The van der Waals surface area contributed by atoms with Crippen molar-refractivity contribution in [1.82, 2.24) is 0 Å². The van der Waals surface area contributed by atoms with E-state index in [9.17, 15) is 13.6 Å². The zero-order chi connectivity index (χ0) is 15.2. The van der Waals surface area contributed by atoms with E-state index in [-0.39, 0.29) is 24.4 Å². The Bertz CT molecular complexity index is 610. The van der Waals surface area contributed by atoms with Gasteiger partial charge in [-0.15, -0.1) is 0 Å². The molecule has 0 aliphatic carbocycles. The number of amides is 1. The van der Waals surface area contributed by atoms with Crippen molar-refractivity contribution in [3.8, 4) is 5.75 Å². The summed E-state index contributed by atoms with van der Waals surface area (Å²) in [6, 6.07) is 10.6. The molecule has 0 unspecified atom stereocenters. The number of halogens is 2. The van der Waals surface area contributed by atoms with E-state index in [1.807, 2.05) is 18.2 Å². The minimum atomic E-state index is -0.912. The maximum Gasteiger partial charge on any atom is 0.227 e. The van der Waals surface area contributed by atoms with Crippen LogP contribution in [0.3, 0.4) is 0 Å². The van der Waals surface area contributed by atoms with Gasteiger partial charge in [-0.25, -0.2) is 8.78 Å². The Labute approximate surface area is 120 Å². The molecule has 0 atom stereocenters. The first-order valence-corrected chi connectivity index (χ1v) is 6.28. The molecular formula is C15H14F2N2O2. The standard InChI is InChI=1S/C15H14F2N2O2/c16-10-8-12(17)15(13(18)9-10)19-14(20)6-7-21-11-4-2-1-3-5-11/h1-5,8-9H,6-7,18H2,(H,19,20). The molecule has 4 nitrogen and oxygen atoms in total. The van der Waals surface area contributed by atoms with Crippen LogP contribution in [0, 0.1) is 11.6 Å². The molecule has 0 spiro atoms. The number of rotatable bonds is 5. The van der Waals surface area contributed by atoms with Crippen molar-refractivity contribution in [2.45, 2.75) is 6.42 Å². The summed E-state index contributed by atoms with van der Waals surface area (Å²) >= 11 is 0. The van der Waals surface area contributed by atoms with E-state index in [1.165, 1.54) is 0 Å². The molecule has 0 aliphatic rings. The Morgan fingerprint density at radius 3 is 2.57 bits per heavy atom. The lowest BCUT2D eigenvalue weighted by Gasteiger charge is -2.10. The molecule has 0 aromatic heterocycles. The van der Waals surface area contributed by atoms with Crippen LogP contribution in [-0.4, -0.2) is 12.5 Å². The molecule has 0 saturated heterocycles. The highest BCUT2D eigenvalue weighted by atomic mass is 19.1. The Hall–Kier alpha value is -2.63. The first-order valence-electron chi connectivity index (χ1n) is 6.28. The third kappa shape index (κ3) is 4.17. The molecule has 3 N–H and O–H groups in total. The maximum absolute atomic E-state index is 13.5. The molecule has 1 amide bonds. The highest BCUT2D eigenvalue weighted by Gasteiger charge is 2.12. The average molecular weight is 292 g/mol. The summed E-state index contributed by atoms with van der Waals surface area (Å²) in [5.41, 5.74) is 5.08. The van der Waals surface area contributed by atoms with Gasteiger partial charge in [0.05, 0.1) is 18.7 Å². The van der Waals surface area contributed by atoms with Crippen molar-refractivity contribution in [1.29, 1.82) is 0 Å². The smallest absolute Gasteiger partial charge is 0.227 e. The fraction of sp³-hybridized carbons (Fsp3) is 0.133. The van der Waals surface area contributed by atoms with Crippen LogP contribution < -0.4 is 15.8 Å². The van der Waals surface area contributed by atoms with Crippen LogP contribution in [-0.2, 0) is 4.79 Å². The number of nitrogen functional groups attached to an aromatic ring is 1. The van der Waals surface area contributed by atoms with Gasteiger partial charge in [0, 0.05) is 6.07 Å². The van der Waals surface area contributed by atoms with Crippen molar-refractivity contribution in [3.05, 3.63) is 54.1 Å². The van der Waals surface area contributed by atoms with E-state index in [4.69, 9.17) is 10.5 Å². The summed E-state index contributed by atoms with van der Waals surface area (Å²) in [5, 5.41) is 2.31. The highest BCUT2D eigenvalue weighted by molar-refractivity contribution is 5.94. The molecule has 110 valence electrons. The Morgan fingerprint density at radius 1 is 1.19 bits per heavy atom. The topological polar surface area (TPSA) is 64.3 Å². The molecular weight excluding hydrogens is 278 g/mol. The number of hydrogen-bond donors (Lipinski definition) is 2. The molecule has 0 radical (unpaired) electrons. The van der Waals surface area contributed by atoms with Crippen molar-refractivity contribution in [2.24, 2.45) is 0 Å². The van der Waals surface area contributed by atoms with Crippen LogP contribution in [0.2, 0.25) is 0 Å². The van der Waals surface area contributed by atoms with Crippen LogP contribution in [0.4, 0.5) is 20.2 Å². The number of carbonyl (C=O) groups is 1. The fourth-order valence-electron chi connectivity index (χ4n) is 1.71. The summed E-state index contributed by atoms with van der Waals surface area (Å²) in [6.07, 6.45) is 0.0190. The second-order valence-electron chi connectivity index (χ2n) is 4.31. The molecule has 2 aromatic rings. The number of para-hydroxylation sites is 1. The van der Waals surface area contributed by atoms with Crippen LogP contribution in [0.25, 0.3) is 0 Å². The third-order valence-electron chi connectivity index (χ3n) is 2.69. The van der Waals surface area contributed by atoms with Crippen molar-refractivity contribution >= 4 is 17.3 Å². The Morgan fingerprint density at radius 2 is 1.90 bits per heavy atom. The first kappa shape index (κ1) is 14.8. The van der Waals surface area contributed by atoms with Gasteiger partial charge in [-0.05, 0) is 18.2 Å². The third-order valence-corrected chi connectivity index (χ3v) is 2.69. The fourth-order valence-corrected chi connectivity index (χ4v) is 1.71. The number of benzene rings is 2. The summed E-state index contributed by atoms with van der Waals surface area (Å²) in [7, 11) is 0. The average Bonchev–Trinajstić information content (AvgIpc) is 2.44. The van der Waals surface area contributed by atoms with Gasteiger partial charge in [0.25, 0.3) is 0 Å². The number of hydrogen-bond acceptors (Lipinski definition) is 3. The number of carbonyl (C=O) groups excluding carboxylic acids is 1. The summed E-state index contributed by atoms with van der Waals surface area (Å²) in [5.74, 6) is -1.54. The lowest BCUT2D eigenvalue weighted by Crippen LogP contribution is -2.17. The molecule has 2 rings (SSSR count).